The summed E-state index contributed by atoms with van der Waals surface area (Å²) in [7, 11) is 0. The van der Waals surface area contributed by atoms with Crippen LogP contribution in [0.5, 0.6) is 0 Å². The van der Waals surface area contributed by atoms with Gasteiger partial charge in [-0.1, -0.05) is 20.3 Å². The van der Waals surface area contributed by atoms with Gasteiger partial charge in [0.1, 0.15) is 0 Å². The van der Waals surface area contributed by atoms with E-state index in [2.05, 4.69) is 30.1 Å². The predicted octanol–water partition coefficient (Wildman–Crippen LogP) is 3.17. The number of hydrogen-bond donors (Lipinski definition) is 1. The molecule has 1 atom stereocenters. The summed E-state index contributed by atoms with van der Waals surface area (Å²) in [5.41, 5.74) is -0.165. The summed E-state index contributed by atoms with van der Waals surface area (Å²) in [6.07, 6.45) is 6.16. The van der Waals surface area contributed by atoms with Gasteiger partial charge in [-0.2, -0.15) is 5.26 Å². The Labute approximate surface area is 119 Å². The maximum Gasteiger partial charge on any atom is 0.0683 e. The molecule has 1 rings (SSSR count). The van der Waals surface area contributed by atoms with Crippen molar-refractivity contribution in [1.82, 2.24) is 10.2 Å². The summed E-state index contributed by atoms with van der Waals surface area (Å²) in [5.74, 6) is 0. The zero-order chi connectivity index (χ0) is 14.3. The summed E-state index contributed by atoms with van der Waals surface area (Å²) in [6, 6.07) is 3.67. The molecule has 0 aromatic rings. The molecule has 1 aliphatic rings. The first-order valence-corrected chi connectivity index (χ1v) is 7.83. The van der Waals surface area contributed by atoms with Gasteiger partial charge < -0.3 is 5.32 Å². The topological polar surface area (TPSA) is 39.1 Å². The lowest BCUT2D eigenvalue weighted by Gasteiger charge is -2.36. The van der Waals surface area contributed by atoms with Crippen LogP contribution in [-0.2, 0) is 0 Å². The van der Waals surface area contributed by atoms with Gasteiger partial charge in [-0.25, -0.2) is 0 Å². The number of nitrogens with zero attached hydrogens (tertiary/aromatic N) is 2. The van der Waals surface area contributed by atoms with E-state index >= 15 is 0 Å². The van der Waals surface area contributed by atoms with Gasteiger partial charge in [-0.05, 0) is 52.6 Å². The second kappa shape index (κ2) is 7.87. The molecule has 0 aliphatic carbocycles. The molecular formula is C16H31N3. The Kier molecular flexibility index (Phi) is 6.82. The van der Waals surface area contributed by atoms with E-state index in [0.29, 0.717) is 12.1 Å². The van der Waals surface area contributed by atoms with E-state index in [0.717, 1.165) is 25.9 Å². The average molecular weight is 265 g/mol. The van der Waals surface area contributed by atoms with Crippen molar-refractivity contribution in [2.24, 2.45) is 5.41 Å². The zero-order valence-electron chi connectivity index (χ0n) is 13.2. The highest BCUT2D eigenvalue weighted by atomic mass is 15.2. The van der Waals surface area contributed by atoms with Crippen LogP contribution in [-0.4, -0.2) is 36.6 Å². The fourth-order valence-electron chi connectivity index (χ4n) is 2.74. The van der Waals surface area contributed by atoms with Crippen molar-refractivity contribution in [2.45, 2.75) is 71.9 Å². The Hall–Kier alpha value is -0.590. The van der Waals surface area contributed by atoms with Gasteiger partial charge in [0.25, 0.3) is 0 Å². The van der Waals surface area contributed by atoms with E-state index in [9.17, 15) is 0 Å². The van der Waals surface area contributed by atoms with Crippen LogP contribution in [0.15, 0.2) is 0 Å². The molecule has 1 N–H and O–H groups in total. The van der Waals surface area contributed by atoms with Crippen LogP contribution in [0.2, 0.25) is 0 Å². The van der Waals surface area contributed by atoms with E-state index in [1.165, 1.54) is 25.8 Å². The molecule has 3 nitrogen and oxygen atoms in total. The van der Waals surface area contributed by atoms with Crippen LogP contribution in [0.25, 0.3) is 0 Å². The molecular weight excluding hydrogens is 234 g/mol. The first kappa shape index (κ1) is 16.5. The van der Waals surface area contributed by atoms with Crippen LogP contribution in [0.3, 0.4) is 0 Å². The smallest absolute Gasteiger partial charge is 0.0683 e. The summed E-state index contributed by atoms with van der Waals surface area (Å²) < 4.78 is 0. The van der Waals surface area contributed by atoms with Crippen molar-refractivity contribution in [3.05, 3.63) is 0 Å². The highest BCUT2D eigenvalue weighted by Crippen LogP contribution is 2.23. The minimum atomic E-state index is -0.165. The molecule has 19 heavy (non-hydrogen) atoms. The van der Waals surface area contributed by atoms with Crippen LogP contribution in [0.4, 0.5) is 0 Å². The van der Waals surface area contributed by atoms with Crippen molar-refractivity contribution in [1.29, 1.82) is 5.26 Å². The molecule has 1 heterocycles. The zero-order valence-corrected chi connectivity index (χ0v) is 13.2. The first-order valence-electron chi connectivity index (χ1n) is 7.83. The summed E-state index contributed by atoms with van der Waals surface area (Å²) in [6.45, 7) is 12.0. The molecule has 1 unspecified atom stereocenters. The summed E-state index contributed by atoms with van der Waals surface area (Å²) >= 11 is 0. The maximum absolute atomic E-state index is 9.05. The molecule has 110 valence electrons. The number of likely N-dealkylation sites (tertiary alicyclic amines) is 1. The SMILES string of the molecule is CC(C)NCC1CCCCN1CCCC(C)(C)C#N. The monoisotopic (exact) mass is 265 g/mol. The molecule has 0 aromatic carbocycles. The molecule has 1 saturated heterocycles. The highest BCUT2D eigenvalue weighted by Gasteiger charge is 2.23. The van der Waals surface area contributed by atoms with Crippen molar-refractivity contribution >= 4 is 0 Å². The lowest BCUT2D eigenvalue weighted by Crippen LogP contribution is -2.47. The van der Waals surface area contributed by atoms with Gasteiger partial charge in [0.2, 0.25) is 0 Å². The highest BCUT2D eigenvalue weighted by molar-refractivity contribution is 4.91. The maximum atomic E-state index is 9.05. The Morgan fingerprint density at radius 1 is 1.37 bits per heavy atom. The summed E-state index contributed by atoms with van der Waals surface area (Å²) in [5, 5.41) is 12.6. The Bertz CT molecular complexity index is 291. The van der Waals surface area contributed by atoms with E-state index < -0.39 is 0 Å². The van der Waals surface area contributed by atoms with E-state index in [1.807, 2.05) is 13.8 Å². The number of hydrogen-bond acceptors (Lipinski definition) is 3. The fourth-order valence-corrected chi connectivity index (χ4v) is 2.74. The van der Waals surface area contributed by atoms with E-state index in [-0.39, 0.29) is 5.41 Å². The second-order valence-electron chi connectivity index (χ2n) is 6.85. The van der Waals surface area contributed by atoms with Crippen LogP contribution < -0.4 is 5.32 Å². The molecule has 0 aromatic heterocycles. The van der Waals surface area contributed by atoms with Crippen LogP contribution in [0.1, 0.15) is 59.8 Å². The summed E-state index contributed by atoms with van der Waals surface area (Å²) in [4.78, 5) is 2.63. The molecule has 0 spiro atoms. The van der Waals surface area contributed by atoms with Gasteiger partial charge >= 0.3 is 0 Å². The lowest BCUT2D eigenvalue weighted by atomic mass is 9.89. The first-order chi connectivity index (χ1) is 8.94. The second-order valence-corrected chi connectivity index (χ2v) is 6.85. The molecule has 0 saturated carbocycles. The average Bonchev–Trinajstić information content (AvgIpc) is 2.37. The van der Waals surface area contributed by atoms with Crippen molar-refractivity contribution in [3.8, 4) is 6.07 Å². The molecule has 1 aliphatic heterocycles. The third-order valence-corrected chi connectivity index (χ3v) is 4.06. The number of nitrogens with one attached hydrogen (secondary N) is 1. The standard InChI is InChI=1S/C16H31N3/c1-14(2)18-12-15-8-5-6-10-19(15)11-7-9-16(3,4)13-17/h14-15,18H,5-12H2,1-4H3. The van der Waals surface area contributed by atoms with Gasteiger partial charge in [-0.15, -0.1) is 0 Å². The molecule has 0 radical (unpaired) electrons. The Morgan fingerprint density at radius 3 is 2.74 bits per heavy atom. The van der Waals surface area contributed by atoms with Crippen molar-refractivity contribution in [3.63, 3.8) is 0 Å². The third kappa shape index (κ3) is 6.40. The van der Waals surface area contributed by atoms with Gasteiger partial charge in [0.05, 0.1) is 11.5 Å². The lowest BCUT2D eigenvalue weighted by molar-refractivity contribution is 0.137. The largest absolute Gasteiger partial charge is 0.313 e. The van der Waals surface area contributed by atoms with E-state index in [1.54, 1.807) is 0 Å². The minimum absolute atomic E-state index is 0.165. The van der Waals surface area contributed by atoms with Crippen LogP contribution in [0, 0.1) is 16.7 Å². The van der Waals surface area contributed by atoms with E-state index in [4.69, 9.17) is 5.26 Å². The number of nitriles is 1. The van der Waals surface area contributed by atoms with Gasteiger partial charge in [0, 0.05) is 18.6 Å². The molecule has 0 amide bonds. The Balaban J connectivity index is 2.34. The van der Waals surface area contributed by atoms with Gasteiger partial charge in [-0.3, -0.25) is 4.90 Å². The normalized spacial score (nSPS) is 21.6. The van der Waals surface area contributed by atoms with Crippen molar-refractivity contribution in [2.75, 3.05) is 19.6 Å². The number of rotatable bonds is 7. The number of piperidine rings is 1. The van der Waals surface area contributed by atoms with Crippen LogP contribution >= 0.6 is 0 Å². The Morgan fingerprint density at radius 2 is 2.11 bits per heavy atom. The molecule has 3 heteroatoms. The molecule has 1 fully saturated rings. The minimum Gasteiger partial charge on any atom is -0.313 e. The quantitative estimate of drug-likeness (QED) is 0.768. The third-order valence-electron chi connectivity index (χ3n) is 4.06. The fraction of sp³-hybridized carbons (Fsp3) is 0.938. The molecule has 0 bridgehead atoms. The van der Waals surface area contributed by atoms with Gasteiger partial charge in [0.15, 0.2) is 0 Å². The predicted molar refractivity (Wildman–Crippen MR) is 81.0 cm³/mol. The van der Waals surface area contributed by atoms with Crippen molar-refractivity contribution < 1.29 is 0 Å².